The van der Waals surface area contributed by atoms with E-state index >= 15 is 0 Å². The van der Waals surface area contributed by atoms with Gasteiger partial charge in [0.25, 0.3) is 0 Å². The van der Waals surface area contributed by atoms with Gasteiger partial charge in [-0.05, 0) is 91.8 Å². The van der Waals surface area contributed by atoms with Crippen LogP contribution in [0.5, 0.6) is 0 Å². The number of aliphatic hydroxyl groups is 1. The summed E-state index contributed by atoms with van der Waals surface area (Å²) in [7, 11) is 1.44. The average Bonchev–Trinajstić information content (AvgIpc) is 3.11. The molecule has 0 saturated heterocycles. The molecule has 4 rings (SSSR count). The van der Waals surface area contributed by atoms with Gasteiger partial charge in [-0.2, -0.15) is 0 Å². The first kappa shape index (κ1) is 24.2. The molecule has 4 nitrogen and oxygen atoms in total. The highest BCUT2D eigenvalue weighted by Gasteiger charge is 2.66. The van der Waals surface area contributed by atoms with Gasteiger partial charge >= 0.3 is 5.97 Å². The van der Waals surface area contributed by atoms with E-state index in [-0.39, 0.29) is 40.5 Å². The Labute approximate surface area is 193 Å². The van der Waals surface area contributed by atoms with E-state index in [1.165, 1.54) is 7.11 Å². The highest BCUT2D eigenvalue weighted by molar-refractivity contribution is 5.86. The Morgan fingerprint density at radius 3 is 2.53 bits per heavy atom. The Kier molecular flexibility index (Phi) is 6.55. The summed E-state index contributed by atoms with van der Waals surface area (Å²) in [5, 5.41) is 10.3. The Morgan fingerprint density at radius 2 is 1.88 bits per heavy atom. The number of ketones is 1. The van der Waals surface area contributed by atoms with Crippen molar-refractivity contribution < 1.29 is 23.8 Å². The number of aliphatic hydroxyl groups excluding tert-OH is 1. The van der Waals surface area contributed by atoms with Gasteiger partial charge in [0.05, 0.1) is 13.2 Å². The number of carbonyl (C=O) groups excluding carboxylic acids is 2. The van der Waals surface area contributed by atoms with Gasteiger partial charge < -0.3 is 9.84 Å². The van der Waals surface area contributed by atoms with Crippen molar-refractivity contribution in [3.63, 3.8) is 0 Å². The molecule has 0 spiro atoms. The lowest BCUT2D eigenvalue weighted by molar-refractivity contribution is -0.180. The number of methoxy groups -OCH3 is 1. The van der Waals surface area contributed by atoms with Crippen molar-refractivity contribution in [2.75, 3.05) is 7.11 Å². The Hall–Kier alpha value is -0.970. The van der Waals surface area contributed by atoms with Crippen LogP contribution in [-0.2, 0) is 14.3 Å². The van der Waals surface area contributed by atoms with E-state index in [1.807, 2.05) is 0 Å². The second-order valence-corrected chi connectivity index (χ2v) is 12.1. The number of carbonyl (C=O) groups is 2. The van der Waals surface area contributed by atoms with Crippen LogP contribution in [-0.4, -0.2) is 36.2 Å². The van der Waals surface area contributed by atoms with Crippen molar-refractivity contribution in [3.05, 3.63) is 0 Å². The van der Waals surface area contributed by atoms with E-state index in [9.17, 15) is 19.1 Å². The standard InChI is InChI=1S/C27H43FO4/c1-6-16-20-13-22(29)21(28)14-27(20,4)19-11-12-26(3)17(15(2)7-10-23(30)32-5)8-9-18(26)24(19)25(16)31/h15-22,24,29H,6-14H2,1-5H3/t15-,16-,17-,18?,19?,20+,21-,22-,24?,26-,27-/m1/s1. The average molecular weight is 451 g/mol. The zero-order chi connectivity index (χ0) is 23.4. The molecule has 0 aromatic heterocycles. The molecule has 0 aliphatic heterocycles. The second-order valence-electron chi connectivity index (χ2n) is 12.1. The van der Waals surface area contributed by atoms with Crippen molar-refractivity contribution >= 4 is 11.8 Å². The summed E-state index contributed by atoms with van der Waals surface area (Å²) in [6.45, 7) is 8.98. The number of rotatable bonds is 5. The molecule has 4 fully saturated rings. The summed E-state index contributed by atoms with van der Waals surface area (Å²) in [5.74, 6) is 1.86. The minimum absolute atomic E-state index is 0.0280. The number of hydrogen-bond donors (Lipinski definition) is 1. The SMILES string of the molecule is CC[C@H]1C(=O)C2C3CC[C@H]([C@H](C)CCC(=O)OC)[C@@]3(C)CCC2[C@@]2(C)C[C@@H](F)[C@H](O)C[C@@H]12. The van der Waals surface area contributed by atoms with Crippen molar-refractivity contribution in [1.29, 1.82) is 0 Å². The van der Waals surface area contributed by atoms with Crippen LogP contribution >= 0.6 is 0 Å². The van der Waals surface area contributed by atoms with E-state index < -0.39 is 12.3 Å². The van der Waals surface area contributed by atoms with Gasteiger partial charge in [0.1, 0.15) is 12.0 Å². The third-order valence-corrected chi connectivity index (χ3v) is 10.9. The fraction of sp³-hybridized carbons (Fsp3) is 0.926. The number of fused-ring (bicyclic) bond motifs is 5. The van der Waals surface area contributed by atoms with E-state index in [2.05, 4.69) is 27.7 Å². The molecular formula is C27H43FO4. The smallest absolute Gasteiger partial charge is 0.305 e. The maximum absolute atomic E-state index is 14.8. The third-order valence-electron chi connectivity index (χ3n) is 10.9. The fourth-order valence-corrected chi connectivity index (χ4v) is 9.27. The quantitative estimate of drug-likeness (QED) is 0.573. The molecule has 0 aromatic rings. The van der Waals surface area contributed by atoms with Crippen LogP contribution in [0, 0.1) is 52.3 Å². The van der Waals surface area contributed by atoms with Crippen molar-refractivity contribution in [1.82, 2.24) is 0 Å². The molecule has 4 aliphatic carbocycles. The zero-order valence-electron chi connectivity index (χ0n) is 20.6. The highest BCUT2D eigenvalue weighted by Crippen LogP contribution is 2.68. The lowest BCUT2D eigenvalue weighted by Crippen LogP contribution is -2.62. The molecule has 182 valence electrons. The summed E-state index contributed by atoms with van der Waals surface area (Å²) in [4.78, 5) is 25.7. The van der Waals surface area contributed by atoms with Gasteiger partial charge in [0.15, 0.2) is 0 Å². The summed E-state index contributed by atoms with van der Waals surface area (Å²) < 4.78 is 19.6. The largest absolute Gasteiger partial charge is 0.469 e. The van der Waals surface area contributed by atoms with Crippen LogP contribution < -0.4 is 0 Å². The van der Waals surface area contributed by atoms with Gasteiger partial charge in [-0.25, -0.2) is 4.39 Å². The predicted molar refractivity (Wildman–Crippen MR) is 121 cm³/mol. The van der Waals surface area contributed by atoms with Crippen LogP contribution in [0.4, 0.5) is 4.39 Å². The normalized spacial score (nSPS) is 49.0. The number of halogens is 1. The summed E-state index contributed by atoms with van der Waals surface area (Å²) in [6.07, 6.45) is 5.04. The van der Waals surface area contributed by atoms with Gasteiger partial charge in [0.2, 0.25) is 0 Å². The molecule has 3 unspecified atom stereocenters. The van der Waals surface area contributed by atoms with Crippen molar-refractivity contribution in [2.24, 2.45) is 52.3 Å². The number of esters is 1. The molecule has 11 atom stereocenters. The van der Waals surface area contributed by atoms with Crippen LogP contribution in [0.25, 0.3) is 0 Å². The van der Waals surface area contributed by atoms with Gasteiger partial charge in [-0.1, -0.05) is 27.7 Å². The molecule has 1 N–H and O–H groups in total. The van der Waals surface area contributed by atoms with Crippen LogP contribution in [0.3, 0.4) is 0 Å². The highest BCUT2D eigenvalue weighted by atomic mass is 19.1. The number of alkyl halides is 1. The van der Waals surface area contributed by atoms with Gasteiger partial charge in [-0.15, -0.1) is 0 Å². The van der Waals surface area contributed by atoms with Gasteiger partial charge in [0, 0.05) is 18.3 Å². The first-order valence-electron chi connectivity index (χ1n) is 13.0. The minimum atomic E-state index is -1.18. The summed E-state index contributed by atoms with van der Waals surface area (Å²) in [5.41, 5.74) is -0.0923. The number of Topliss-reactive ketones (excluding diaryl/α,β-unsaturated/α-hetero) is 1. The van der Waals surface area contributed by atoms with Gasteiger partial charge in [-0.3, -0.25) is 9.59 Å². The van der Waals surface area contributed by atoms with Crippen LogP contribution in [0.1, 0.15) is 85.5 Å². The topological polar surface area (TPSA) is 63.6 Å². The van der Waals surface area contributed by atoms with Crippen LogP contribution in [0.15, 0.2) is 0 Å². The Bertz CT molecular complexity index is 739. The van der Waals surface area contributed by atoms with E-state index in [1.54, 1.807) is 0 Å². The maximum Gasteiger partial charge on any atom is 0.305 e. The summed E-state index contributed by atoms with van der Waals surface area (Å²) >= 11 is 0. The fourth-order valence-electron chi connectivity index (χ4n) is 9.27. The van der Waals surface area contributed by atoms with E-state index in [0.717, 1.165) is 38.5 Å². The first-order chi connectivity index (χ1) is 15.1. The Morgan fingerprint density at radius 1 is 1.19 bits per heavy atom. The predicted octanol–water partition coefficient (Wildman–Crippen LogP) is 5.36. The molecule has 0 radical (unpaired) electrons. The molecule has 0 aromatic carbocycles. The monoisotopic (exact) mass is 450 g/mol. The second kappa shape index (κ2) is 8.67. The molecule has 0 amide bonds. The minimum Gasteiger partial charge on any atom is -0.469 e. The molecule has 5 heteroatoms. The van der Waals surface area contributed by atoms with Crippen LogP contribution in [0.2, 0.25) is 0 Å². The van der Waals surface area contributed by atoms with E-state index in [4.69, 9.17) is 4.74 Å². The van der Waals surface area contributed by atoms with E-state index in [0.29, 0.717) is 42.8 Å². The first-order valence-corrected chi connectivity index (χ1v) is 13.0. The lowest BCUT2D eigenvalue weighted by atomic mass is 9.41. The Balaban J connectivity index is 1.61. The molecule has 0 heterocycles. The third kappa shape index (κ3) is 3.56. The molecular weight excluding hydrogens is 407 g/mol. The number of hydrogen-bond acceptors (Lipinski definition) is 4. The summed E-state index contributed by atoms with van der Waals surface area (Å²) in [6, 6.07) is 0. The lowest BCUT2D eigenvalue weighted by Gasteiger charge is -2.62. The molecule has 0 bridgehead atoms. The van der Waals surface area contributed by atoms with Crippen molar-refractivity contribution in [2.45, 2.75) is 97.8 Å². The molecule has 4 saturated carbocycles. The van der Waals surface area contributed by atoms with Crippen molar-refractivity contribution in [3.8, 4) is 0 Å². The number of ether oxygens (including phenoxy) is 1. The molecule has 4 aliphatic rings. The maximum atomic E-state index is 14.8. The zero-order valence-corrected chi connectivity index (χ0v) is 20.6. The molecule has 32 heavy (non-hydrogen) atoms.